The van der Waals surface area contributed by atoms with Crippen LogP contribution in [0.25, 0.3) is 0 Å². The van der Waals surface area contributed by atoms with E-state index >= 15 is 0 Å². The second-order valence-electron chi connectivity index (χ2n) is 4.25. The second-order valence-corrected chi connectivity index (χ2v) is 4.25. The Hall–Kier alpha value is -1.20. The van der Waals surface area contributed by atoms with Crippen LogP contribution in [0, 0.1) is 0 Å². The number of hydrogen-bond donors (Lipinski definition) is 1. The predicted octanol–water partition coefficient (Wildman–Crippen LogP) is 0.681. The van der Waals surface area contributed by atoms with Gasteiger partial charge < -0.3 is 15.0 Å². The van der Waals surface area contributed by atoms with E-state index in [0.29, 0.717) is 6.04 Å². The van der Waals surface area contributed by atoms with Crippen molar-refractivity contribution in [3.63, 3.8) is 0 Å². The first-order valence-corrected chi connectivity index (χ1v) is 6.14. The Bertz CT molecular complexity index is 320. The fourth-order valence-corrected chi connectivity index (χ4v) is 2.25. The predicted molar refractivity (Wildman–Crippen MR) is 67.1 cm³/mol. The summed E-state index contributed by atoms with van der Waals surface area (Å²) in [4.78, 5) is 10.6. The molecule has 1 aliphatic rings. The van der Waals surface area contributed by atoms with Crippen LogP contribution in [0.4, 0.5) is 5.82 Å². The number of rotatable bonds is 6. The van der Waals surface area contributed by atoms with Crippen LogP contribution < -0.4 is 10.2 Å². The van der Waals surface area contributed by atoms with Gasteiger partial charge in [0.1, 0.15) is 12.1 Å². The fraction of sp³-hybridized carbons (Fsp3) is 0.667. The van der Waals surface area contributed by atoms with Crippen LogP contribution in [-0.4, -0.2) is 49.4 Å². The first-order chi connectivity index (χ1) is 8.42. The van der Waals surface area contributed by atoms with E-state index in [9.17, 15) is 0 Å². The quantitative estimate of drug-likeness (QED) is 0.736. The Kier molecular flexibility index (Phi) is 4.70. The first kappa shape index (κ1) is 12.3. The normalized spacial score (nSPS) is 19.8. The molecule has 1 N–H and O–H groups in total. The summed E-state index contributed by atoms with van der Waals surface area (Å²) in [6.07, 6.45) is 5.88. The number of nitrogens with one attached hydrogen (secondary N) is 1. The van der Waals surface area contributed by atoms with E-state index in [1.54, 1.807) is 19.6 Å². The van der Waals surface area contributed by atoms with Crippen molar-refractivity contribution in [2.75, 3.05) is 38.3 Å². The summed E-state index contributed by atoms with van der Waals surface area (Å²) in [6, 6.07) is 2.52. The molecule has 0 saturated carbocycles. The number of methoxy groups -OCH3 is 1. The maximum atomic E-state index is 5.02. The molecule has 0 amide bonds. The molecule has 1 atom stereocenters. The number of nitrogens with zero attached hydrogens (tertiary/aromatic N) is 3. The molecule has 1 unspecified atom stereocenters. The highest BCUT2D eigenvalue weighted by Gasteiger charge is 2.24. The minimum atomic E-state index is 0.543. The third-order valence-electron chi connectivity index (χ3n) is 3.10. The highest BCUT2D eigenvalue weighted by atomic mass is 16.5. The summed E-state index contributed by atoms with van der Waals surface area (Å²) in [5.41, 5.74) is 0. The van der Waals surface area contributed by atoms with Crippen molar-refractivity contribution in [3.05, 3.63) is 18.6 Å². The third-order valence-corrected chi connectivity index (χ3v) is 3.10. The topological polar surface area (TPSA) is 50.3 Å². The lowest BCUT2D eigenvalue weighted by Crippen LogP contribution is -2.39. The van der Waals surface area contributed by atoms with E-state index in [4.69, 9.17) is 4.74 Å². The minimum absolute atomic E-state index is 0.543. The monoisotopic (exact) mass is 236 g/mol. The van der Waals surface area contributed by atoms with Crippen molar-refractivity contribution >= 4 is 5.82 Å². The maximum Gasteiger partial charge on any atom is 0.132 e. The molecule has 1 aromatic heterocycles. The Morgan fingerprint density at radius 2 is 2.53 bits per heavy atom. The van der Waals surface area contributed by atoms with Crippen LogP contribution in [0.5, 0.6) is 0 Å². The molecular weight excluding hydrogens is 216 g/mol. The van der Waals surface area contributed by atoms with Gasteiger partial charge in [0.05, 0.1) is 6.61 Å². The number of anilines is 1. The van der Waals surface area contributed by atoms with Gasteiger partial charge in [0.15, 0.2) is 0 Å². The summed E-state index contributed by atoms with van der Waals surface area (Å²) in [6.45, 7) is 3.76. The van der Waals surface area contributed by atoms with Gasteiger partial charge in [0.2, 0.25) is 0 Å². The zero-order valence-electron chi connectivity index (χ0n) is 10.3. The van der Waals surface area contributed by atoms with Crippen LogP contribution in [-0.2, 0) is 4.74 Å². The highest BCUT2D eigenvalue weighted by molar-refractivity contribution is 5.39. The smallest absolute Gasteiger partial charge is 0.132 e. The van der Waals surface area contributed by atoms with Crippen molar-refractivity contribution in [1.29, 1.82) is 0 Å². The number of aromatic nitrogens is 2. The van der Waals surface area contributed by atoms with Gasteiger partial charge in [-0.15, -0.1) is 0 Å². The summed E-state index contributed by atoms with van der Waals surface area (Å²) in [5.74, 6) is 1.04. The number of hydrogen-bond acceptors (Lipinski definition) is 5. The van der Waals surface area contributed by atoms with E-state index < -0.39 is 0 Å². The molecule has 17 heavy (non-hydrogen) atoms. The first-order valence-electron chi connectivity index (χ1n) is 6.14. The maximum absolute atomic E-state index is 5.02. The standard InChI is InChI=1S/C12H20N4O/c1-17-8-6-13-9-11-3-2-7-16(11)12-4-5-14-10-15-12/h4-5,10-11,13H,2-3,6-9H2,1H3. The molecule has 5 nitrogen and oxygen atoms in total. The van der Waals surface area contributed by atoms with Gasteiger partial charge >= 0.3 is 0 Å². The third kappa shape index (κ3) is 3.38. The average Bonchev–Trinajstić information content (AvgIpc) is 2.84. The molecule has 0 radical (unpaired) electrons. The fourth-order valence-electron chi connectivity index (χ4n) is 2.25. The lowest BCUT2D eigenvalue weighted by Gasteiger charge is -2.25. The van der Waals surface area contributed by atoms with Crippen LogP contribution in [0.3, 0.4) is 0 Å². The molecule has 0 aliphatic carbocycles. The highest BCUT2D eigenvalue weighted by Crippen LogP contribution is 2.22. The van der Waals surface area contributed by atoms with Crippen LogP contribution in [0.15, 0.2) is 18.6 Å². The molecule has 1 saturated heterocycles. The Labute approximate surface area is 102 Å². The molecule has 94 valence electrons. The van der Waals surface area contributed by atoms with Gasteiger partial charge in [-0.2, -0.15) is 0 Å². The van der Waals surface area contributed by atoms with E-state index in [0.717, 1.165) is 32.1 Å². The van der Waals surface area contributed by atoms with Crippen LogP contribution in [0.2, 0.25) is 0 Å². The molecule has 0 aromatic carbocycles. The Morgan fingerprint density at radius 1 is 1.59 bits per heavy atom. The van der Waals surface area contributed by atoms with Crippen LogP contribution >= 0.6 is 0 Å². The molecule has 2 heterocycles. The lowest BCUT2D eigenvalue weighted by atomic mass is 10.2. The molecule has 0 spiro atoms. The summed E-state index contributed by atoms with van der Waals surface area (Å²) < 4.78 is 5.02. The van der Waals surface area contributed by atoms with Crippen molar-refractivity contribution in [3.8, 4) is 0 Å². The van der Waals surface area contributed by atoms with Crippen LogP contribution in [0.1, 0.15) is 12.8 Å². The largest absolute Gasteiger partial charge is 0.383 e. The molecule has 1 aliphatic heterocycles. The zero-order chi connectivity index (χ0) is 11.9. The van der Waals surface area contributed by atoms with Gasteiger partial charge in [-0.25, -0.2) is 9.97 Å². The minimum Gasteiger partial charge on any atom is -0.383 e. The van der Waals surface area contributed by atoms with E-state index in [-0.39, 0.29) is 0 Å². The zero-order valence-corrected chi connectivity index (χ0v) is 10.3. The Morgan fingerprint density at radius 3 is 3.29 bits per heavy atom. The summed E-state index contributed by atoms with van der Waals surface area (Å²) >= 11 is 0. The Balaban J connectivity index is 1.85. The number of ether oxygens (including phenoxy) is 1. The van der Waals surface area contributed by atoms with E-state index in [1.807, 2.05) is 6.07 Å². The van der Waals surface area contributed by atoms with Gasteiger partial charge in [-0.1, -0.05) is 0 Å². The second kappa shape index (κ2) is 6.51. The average molecular weight is 236 g/mol. The van der Waals surface area contributed by atoms with Crippen molar-refractivity contribution in [2.45, 2.75) is 18.9 Å². The molecule has 5 heteroatoms. The molecular formula is C12H20N4O. The van der Waals surface area contributed by atoms with Crippen molar-refractivity contribution in [2.24, 2.45) is 0 Å². The lowest BCUT2D eigenvalue weighted by molar-refractivity contribution is 0.199. The van der Waals surface area contributed by atoms with Crippen molar-refractivity contribution in [1.82, 2.24) is 15.3 Å². The van der Waals surface area contributed by atoms with E-state index in [2.05, 4.69) is 20.2 Å². The summed E-state index contributed by atoms with van der Waals surface area (Å²) in [7, 11) is 1.73. The van der Waals surface area contributed by atoms with Gasteiger partial charge in [0.25, 0.3) is 0 Å². The molecule has 1 aromatic rings. The SMILES string of the molecule is COCCNCC1CCCN1c1ccncn1. The van der Waals surface area contributed by atoms with Crippen molar-refractivity contribution < 1.29 is 4.74 Å². The van der Waals surface area contributed by atoms with Gasteiger partial charge in [-0.3, -0.25) is 0 Å². The van der Waals surface area contributed by atoms with Gasteiger partial charge in [-0.05, 0) is 18.9 Å². The summed E-state index contributed by atoms with van der Waals surface area (Å²) in [5, 5.41) is 3.42. The van der Waals surface area contributed by atoms with Gasteiger partial charge in [0, 0.05) is 39.0 Å². The molecule has 0 bridgehead atoms. The molecule has 2 rings (SSSR count). The van der Waals surface area contributed by atoms with E-state index in [1.165, 1.54) is 12.8 Å². The molecule has 1 fully saturated rings.